The molecule has 1 saturated carbocycles. The van der Waals surface area contributed by atoms with E-state index in [-0.39, 0.29) is 23.5 Å². The summed E-state index contributed by atoms with van der Waals surface area (Å²) in [5.74, 6) is 5.75. The van der Waals surface area contributed by atoms with Crippen molar-refractivity contribution in [2.45, 2.75) is 72.4 Å². The highest BCUT2D eigenvalue weighted by Gasteiger charge is 2.34. The van der Waals surface area contributed by atoms with Gasteiger partial charge in [0.25, 0.3) is 5.91 Å². The van der Waals surface area contributed by atoms with Crippen molar-refractivity contribution in [2.75, 3.05) is 12.0 Å². The molecular formula is C27H33NO4S. The molecule has 0 saturated heterocycles. The predicted octanol–water partition coefficient (Wildman–Crippen LogP) is 5.50. The number of carbonyl (C=O) groups excluding carboxylic acids is 2. The fraction of sp³-hybridized carbons (Fsp3) is 0.481. The van der Waals surface area contributed by atoms with E-state index in [4.69, 9.17) is 4.74 Å². The summed E-state index contributed by atoms with van der Waals surface area (Å²) in [5, 5.41) is 10.0. The number of thiophene rings is 1. The second-order valence-corrected chi connectivity index (χ2v) is 10.8. The van der Waals surface area contributed by atoms with Gasteiger partial charge in [-0.2, -0.15) is 0 Å². The molecule has 6 heteroatoms. The number of hydrogen-bond donors (Lipinski definition) is 1. The Morgan fingerprint density at radius 1 is 1.12 bits per heavy atom. The number of hydrogen-bond acceptors (Lipinski definition) is 5. The first kappa shape index (κ1) is 25.0. The Morgan fingerprint density at radius 3 is 2.36 bits per heavy atom. The third kappa shape index (κ3) is 6.04. The topological polar surface area (TPSA) is 66.8 Å². The molecule has 1 amide bonds. The number of aliphatic hydroxyl groups excluding tert-OH is 1. The van der Waals surface area contributed by atoms with Gasteiger partial charge in [-0.15, -0.1) is 11.3 Å². The minimum atomic E-state index is -0.479. The lowest BCUT2D eigenvalue weighted by Gasteiger charge is -2.36. The van der Waals surface area contributed by atoms with E-state index in [2.05, 4.69) is 11.8 Å². The zero-order valence-corrected chi connectivity index (χ0v) is 21.1. The number of aliphatic hydroxyl groups is 1. The van der Waals surface area contributed by atoms with E-state index in [0.29, 0.717) is 41.8 Å². The maximum absolute atomic E-state index is 13.9. The number of aryl methyl sites for hydroxylation is 2. The van der Waals surface area contributed by atoms with Gasteiger partial charge in [0.2, 0.25) is 0 Å². The molecule has 1 aliphatic carbocycles. The summed E-state index contributed by atoms with van der Waals surface area (Å²) in [5.41, 5.74) is 2.93. The molecule has 1 aromatic carbocycles. The zero-order chi connectivity index (χ0) is 24.3. The van der Waals surface area contributed by atoms with Gasteiger partial charge in [0.15, 0.2) is 0 Å². The third-order valence-electron chi connectivity index (χ3n) is 5.77. The highest BCUT2D eigenvalue weighted by Crippen LogP contribution is 2.37. The molecule has 0 atom stereocenters. The molecule has 1 fully saturated rings. The van der Waals surface area contributed by atoms with E-state index < -0.39 is 5.97 Å². The minimum Gasteiger partial charge on any atom is -0.465 e. The maximum atomic E-state index is 13.9. The average molecular weight is 468 g/mol. The standard InChI is InChI=1S/C27H33NO4S/c1-17-7-12-22(18(2)15-17)25(30)28(19-8-10-20(29)11-9-19)23-16-21(13-14-27(3,4)5)33-24(23)26(31)32-6/h7,12,15-16,19-20,29H,8-11H2,1-6H3/t19-,20-. The first-order valence-electron chi connectivity index (χ1n) is 11.3. The van der Waals surface area contributed by atoms with Gasteiger partial charge in [-0.25, -0.2) is 4.79 Å². The molecule has 0 unspecified atom stereocenters. The van der Waals surface area contributed by atoms with Crippen LogP contribution in [0.3, 0.4) is 0 Å². The van der Waals surface area contributed by atoms with Gasteiger partial charge in [0.1, 0.15) is 4.88 Å². The molecule has 0 spiro atoms. The molecule has 33 heavy (non-hydrogen) atoms. The minimum absolute atomic E-state index is 0.122. The van der Waals surface area contributed by atoms with Crippen molar-refractivity contribution >= 4 is 28.9 Å². The Labute approximate surface area is 200 Å². The van der Waals surface area contributed by atoms with E-state index in [1.165, 1.54) is 18.4 Å². The molecular weight excluding hydrogens is 434 g/mol. The lowest BCUT2D eigenvalue weighted by atomic mass is 9.90. The van der Waals surface area contributed by atoms with Gasteiger partial charge in [-0.05, 0) is 78.0 Å². The van der Waals surface area contributed by atoms with Gasteiger partial charge >= 0.3 is 5.97 Å². The summed E-state index contributed by atoms with van der Waals surface area (Å²) in [4.78, 5) is 29.5. The van der Waals surface area contributed by atoms with Crippen LogP contribution in [0.1, 0.15) is 82.5 Å². The number of ether oxygens (including phenoxy) is 1. The molecule has 1 aromatic heterocycles. The van der Waals surface area contributed by atoms with Gasteiger partial charge in [0, 0.05) is 17.0 Å². The quantitative estimate of drug-likeness (QED) is 0.476. The van der Waals surface area contributed by atoms with Crippen molar-refractivity contribution in [1.29, 1.82) is 0 Å². The van der Waals surface area contributed by atoms with Gasteiger partial charge in [-0.1, -0.05) is 29.5 Å². The third-order valence-corrected chi connectivity index (χ3v) is 6.79. The normalized spacial score (nSPS) is 18.3. The van der Waals surface area contributed by atoms with Crippen LogP contribution in [0.2, 0.25) is 0 Å². The molecule has 3 rings (SSSR count). The number of amides is 1. The number of benzene rings is 1. The van der Waals surface area contributed by atoms with Crippen LogP contribution in [0.15, 0.2) is 24.3 Å². The number of carbonyl (C=O) groups is 2. The van der Waals surface area contributed by atoms with Crippen LogP contribution in [0.4, 0.5) is 5.69 Å². The van der Waals surface area contributed by atoms with Crippen LogP contribution < -0.4 is 4.90 Å². The molecule has 0 aliphatic heterocycles. The lowest BCUT2D eigenvalue weighted by molar-refractivity contribution is 0.0606. The lowest BCUT2D eigenvalue weighted by Crippen LogP contribution is -2.44. The fourth-order valence-corrected chi connectivity index (χ4v) is 5.00. The zero-order valence-electron chi connectivity index (χ0n) is 20.3. The second kappa shape index (κ2) is 10.1. The molecule has 5 nitrogen and oxygen atoms in total. The Balaban J connectivity index is 2.14. The smallest absolute Gasteiger partial charge is 0.350 e. The summed E-state index contributed by atoms with van der Waals surface area (Å²) < 4.78 is 5.06. The van der Waals surface area contributed by atoms with E-state index in [0.717, 1.165) is 16.0 Å². The molecule has 1 N–H and O–H groups in total. The summed E-state index contributed by atoms with van der Waals surface area (Å²) in [7, 11) is 1.35. The monoisotopic (exact) mass is 467 g/mol. The van der Waals surface area contributed by atoms with E-state index in [9.17, 15) is 14.7 Å². The SMILES string of the molecule is COC(=O)c1sc(C#CC(C)(C)C)cc1N(C(=O)c1ccc(C)cc1C)[C@H]1CC[C@H](O)CC1. The van der Waals surface area contributed by atoms with Crippen LogP contribution in [0.25, 0.3) is 0 Å². The first-order chi connectivity index (χ1) is 15.5. The van der Waals surface area contributed by atoms with E-state index in [1.54, 1.807) is 4.90 Å². The van der Waals surface area contributed by atoms with Crippen LogP contribution in [-0.4, -0.2) is 36.2 Å². The molecule has 1 heterocycles. The molecule has 0 radical (unpaired) electrons. The van der Waals surface area contributed by atoms with Crippen molar-refractivity contribution in [2.24, 2.45) is 5.41 Å². The van der Waals surface area contributed by atoms with Crippen molar-refractivity contribution in [3.63, 3.8) is 0 Å². The van der Waals surface area contributed by atoms with Crippen molar-refractivity contribution in [1.82, 2.24) is 0 Å². The van der Waals surface area contributed by atoms with Gasteiger partial charge in [-0.3, -0.25) is 4.79 Å². The Kier molecular flexibility index (Phi) is 7.66. The summed E-state index contributed by atoms with van der Waals surface area (Å²) in [6, 6.07) is 7.48. The van der Waals surface area contributed by atoms with E-state index >= 15 is 0 Å². The number of esters is 1. The number of nitrogens with zero attached hydrogens (tertiary/aromatic N) is 1. The van der Waals surface area contributed by atoms with Crippen LogP contribution in [-0.2, 0) is 4.74 Å². The fourth-order valence-electron chi connectivity index (χ4n) is 4.08. The Hall–Kier alpha value is -2.62. The predicted molar refractivity (Wildman–Crippen MR) is 133 cm³/mol. The summed E-state index contributed by atoms with van der Waals surface area (Å²) in [6.07, 6.45) is 2.22. The number of anilines is 1. The summed E-state index contributed by atoms with van der Waals surface area (Å²) >= 11 is 1.25. The number of methoxy groups -OCH3 is 1. The largest absolute Gasteiger partial charge is 0.465 e. The maximum Gasteiger partial charge on any atom is 0.350 e. The van der Waals surface area contributed by atoms with E-state index in [1.807, 2.05) is 58.9 Å². The van der Waals surface area contributed by atoms with Crippen LogP contribution in [0.5, 0.6) is 0 Å². The Bertz CT molecular complexity index is 1090. The highest BCUT2D eigenvalue weighted by atomic mass is 32.1. The first-order valence-corrected chi connectivity index (χ1v) is 12.2. The Morgan fingerprint density at radius 2 is 1.79 bits per heavy atom. The second-order valence-electron chi connectivity index (χ2n) is 9.77. The van der Waals surface area contributed by atoms with Crippen LogP contribution in [0, 0.1) is 31.1 Å². The summed E-state index contributed by atoms with van der Waals surface area (Å²) in [6.45, 7) is 10.0. The van der Waals surface area contributed by atoms with Crippen molar-refractivity contribution in [3.8, 4) is 11.8 Å². The highest BCUT2D eigenvalue weighted by molar-refractivity contribution is 7.15. The van der Waals surface area contributed by atoms with Crippen molar-refractivity contribution in [3.05, 3.63) is 50.7 Å². The van der Waals surface area contributed by atoms with Crippen LogP contribution >= 0.6 is 11.3 Å². The van der Waals surface area contributed by atoms with Crippen molar-refractivity contribution < 1.29 is 19.4 Å². The van der Waals surface area contributed by atoms with Gasteiger partial charge < -0.3 is 14.7 Å². The molecule has 2 aromatic rings. The molecule has 1 aliphatic rings. The number of rotatable bonds is 4. The molecule has 0 bridgehead atoms. The van der Waals surface area contributed by atoms with Gasteiger partial charge in [0.05, 0.1) is 23.8 Å². The average Bonchev–Trinajstić information content (AvgIpc) is 3.16. The molecule has 176 valence electrons.